The van der Waals surface area contributed by atoms with Crippen molar-refractivity contribution in [2.45, 2.75) is 13.5 Å². The van der Waals surface area contributed by atoms with Gasteiger partial charge in [0, 0.05) is 11.4 Å². The molecule has 7 heteroatoms. The predicted molar refractivity (Wildman–Crippen MR) is 94.0 cm³/mol. The third-order valence-electron chi connectivity index (χ3n) is 3.62. The van der Waals surface area contributed by atoms with Crippen LogP contribution in [-0.4, -0.2) is 26.6 Å². The number of nitrogens with one attached hydrogen (secondary N) is 2. The van der Waals surface area contributed by atoms with E-state index in [1.807, 2.05) is 31.2 Å². The van der Waals surface area contributed by atoms with Gasteiger partial charge >= 0.3 is 11.8 Å². The molecule has 2 amide bonds. The fraction of sp³-hybridized carbons (Fsp3) is 0.111. The van der Waals surface area contributed by atoms with Crippen molar-refractivity contribution >= 4 is 23.2 Å². The molecule has 0 spiro atoms. The van der Waals surface area contributed by atoms with Crippen LogP contribution in [0.4, 0.5) is 11.4 Å². The van der Waals surface area contributed by atoms with E-state index in [-0.39, 0.29) is 0 Å². The van der Waals surface area contributed by atoms with Crippen LogP contribution in [0, 0.1) is 6.92 Å². The first kappa shape index (κ1) is 16.4. The molecule has 7 nitrogen and oxygen atoms in total. The van der Waals surface area contributed by atoms with E-state index in [1.165, 1.54) is 6.33 Å². The van der Waals surface area contributed by atoms with E-state index in [4.69, 9.17) is 0 Å². The number of carbonyl (C=O) groups is 2. The number of rotatable bonds is 4. The fourth-order valence-electron chi connectivity index (χ4n) is 2.28. The van der Waals surface area contributed by atoms with Gasteiger partial charge in [0.2, 0.25) is 0 Å². The molecule has 0 fully saturated rings. The molecule has 0 saturated heterocycles. The summed E-state index contributed by atoms with van der Waals surface area (Å²) in [5.41, 5.74) is 3.06. The lowest BCUT2D eigenvalue weighted by Crippen LogP contribution is -2.29. The summed E-state index contributed by atoms with van der Waals surface area (Å²) in [5, 5.41) is 9.22. The van der Waals surface area contributed by atoms with Gasteiger partial charge in [0.15, 0.2) is 0 Å². The van der Waals surface area contributed by atoms with Gasteiger partial charge in [0.1, 0.15) is 12.7 Å². The highest BCUT2D eigenvalue weighted by Gasteiger charge is 2.14. The largest absolute Gasteiger partial charge is 0.318 e. The molecule has 0 aliphatic rings. The summed E-state index contributed by atoms with van der Waals surface area (Å²) in [6.45, 7) is 2.45. The molecule has 0 radical (unpaired) electrons. The Morgan fingerprint density at radius 3 is 2.40 bits per heavy atom. The molecule has 126 valence electrons. The second-order valence-electron chi connectivity index (χ2n) is 5.51. The molecule has 0 aliphatic carbocycles. The average Bonchev–Trinajstić information content (AvgIpc) is 3.11. The van der Waals surface area contributed by atoms with Crippen LogP contribution in [0.2, 0.25) is 0 Å². The van der Waals surface area contributed by atoms with Crippen LogP contribution in [0.1, 0.15) is 11.1 Å². The molecule has 0 aliphatic heterocycles. The van der Waals surface area contributed by atoms with E-state index in [0.717, 1.165) is 11.1 Å². The summed E-state index contributed by atoms with van der Waals surface area (Å²) in [4.78, 5) is 27.9. The van der Waals surface area contributed by atoms with Crippen molar-refractivity contribution in [1.29, 1.82) is 0 Å². The Hall–Kier alpha value is -3.48. The van der Waals surface area contributed by atoms with Crippen molar-refractivity contribution in [3.63, 3.8) is 0 Å². The lowest BCUT2D eigenvalue weighted by molar-refractivity contribution is -0.133. The van der Waals surface area contributed by atoms with Gasteiger partial charge in [0.25, 0.3) is 0 Å². The maximum absolute atomic E-state index is 12.0. The van der Waals surface area contributed by atoms with Crippen LogP contribution in [0.15, 0.2) is 61.2 Å². The summed E-state index contributed by atoms with van der Waals surface area (Å²) < 4.78 is 1.70. The topological polar surface area (TPSA) is 88.9 Å². The Labute approximate surface area is 144 Å². The molecule has 3 aromatic rings. The zero-order valence-corrected chi connectivity index (χ0v) is 13.6. The number of aryl methyl sites for hydroxylation is 1. The predicted octanol–water partition coefficient (Wildman–Crippen LogP) is 2.21. The van der Waals surface area contributed by atoms with Crippen LogP contribution in [0.5, 0.6) is 0 Å². The van der Waals surface area contributed by atoms with Gasteiger partial charge in [-0.05, 0) is 36.2 Å². The van der Waals surface area contributed by atoms with Gasteiger partial charge in [-0.15, -0.1) is 0 Å². The SMILES string of the molecule is Cc1ccccc1NC(=O)C(=O)Nc1ccc(Cn2cncn2)cc1. The Morgan fingerprint density at radius 2 is 1.72 bits per heavy atom. The molecule has 0 unspecified atom stereocenters. The van der Waals surface area contributed by atoms with Gasteiger partial charge in [-0.25, -0.2) is 9.67 Å². The normalized spacial score (nSPS) is 10.3. The highest BCUT2D eigenvalue weighted by atomic mass is 16.2. The van der Waals surface area contributed by atoms with Crippen molar-refractivity contribution in [3.05, 3.63) is 72.3 Å². The maximum Gasteiger partial charge on any atom is 0.314 e. The third-order valence-corrected chi connectivity index (χ3v) is 3.62. The Balaban J connectivity index is 1.58. The minimum atomic E-state index is -0.715. The van der Waals surface area contributed by atoms with Gasteiger partial charge in [-0.1, -0.05) is 30.3 Å². The number of para-hydroxylation sites is 1. The van der Waals surface area contributed by atoms with E-state index in [0.29, 0.717) is 17.9 Å². The van der Waals surface area contributed by atoms with Crippen LogP contribution in [-0.2, 0) is 16.1 Å². The fourth-order valence-corrected chi connectivity index (χ4v) is 2.28. The van der Waals surface area contributed by atoms with Crippen LogP contribution < -0.4 is 10.6 Å². The maximum atomic E-state index is 12.0. The standard InChI is InChI=1S/C18H17N5O2/c1-13-4-2-3-5-16(13)22-18(25)17(24)21-15-8-6-14(7-9-15)10-23-12-19-11-20-23/h2-9,11-12H,10H2,1H3,(H,21,24)(H,22,25). The minimum Gasteiger partial charge on any atom is -0.318 e. The molecule has 2 aromatic carbocycles. The third kappa shape index (κ3) is 4.29. The second kappa shape index (κ2) is 7.39. The van der Waals surface area contributed by atoms with Crippen molar-refractivity contribution in [2.75, 3.05) is 10.6 Å². The first-order valence-corrected chi connectivity index (χ1v) is 7.71. The van der Waals surface area contributed by atoms with Crippen molar-refractivity contribution < 1.29 is 9.59 Å². The van der Waals surface area contributed by atoms with E-state index in [9.17, 15) is 9.59 Å². The zero-order valence-electron chi connectivity index (χ0n) is 13.6. The van der Waals surface area contributed by atoms with Gasteiger partial charge in [0.05, 0.1) is 6.54 Å². The molecule has 0 atom stereocenters. The van der Waals surface area contributed by atoms with E-state index < -0.39 is 11.8 Å². The summed E-state index contributed by atoms with van der Waals surface area (Å²) in [6, 6.07) is 14.5. The zero-order chi connectivity index (χ0) is 17.6. The number of anilines is 2. The Morgan fingerprint density at radius 1 is 1.00 bits per heavy atom. The van der Waals surface area contributed by atoms with E-state index >= 15 is 0 Å². The van der Waals surface area contributed by atoms with Gasteiger partial charge in [-0.3, -0.25) is 9.59 Å². The highest BCUT2D eigenvalue weighted by Crippen LogP contribution is 2.14. The minimum absolute atomic E-state index is 0.548. The Bertz CT molecular complexity index is 873. The molecular formula is C18H17N5O2. The van der Waals surface area contributed by atoms with Crippen molar-refractivity contribution in [2.24, 2.45) is 0 Å². The summed E-state index contributed by atoms with van der Waals surface area (Å²) in [7, 11) is 0. The summed E-state index contributed by atoms with van der Waals surface area (Å²) in [5.74, 6) is -1.42. The number of nitrogens with zero attached hydrogens (tertiary/aromatic N) is 3. The van der Waals surface area contributed by atoms with Gasteiger partial charge < -0.3 is 10.6 Å². The van der Waals surface area contributed by atoms with Crippen molar-refractivity contribution in [1.82, 2.24) is 14.8 Å². The smallest absolute Gasteiger partial charge is 0.314 e. The Kier molecular flexibility index (Phi) is 4.84. The monoisotopic (exact) mass is 335 g/mol. The van der Waals surface area contributed by atoms with Crippen LogP contribution >= 0.6 is 0 Å². The van der Waals surface area contributed by atoms with Crippen LogP contribution in [0.25, 0.3) is 0 Å². The van der Waals surface area contributed by atoms with Gasteiger partial charge in [-0.2, -0.15) is 5.10 Å². The summed E-state index contributed by atoms with van der Waals surface area (Å²) in [6.07, 6.45) is 3.10. The number of amides is 2. The molecule has 2 N–H and O–H groups in total. The highest BCUT2D eigenvalue weighted by molar-refractivity contribution is 6.43. The lowest BCUT2D eigenvalue weighted by atomic mass is 10.2. The first-order chi connectivity index (χ1) is 12.1. The molecule has 1 heterocycles. The van der Waals surface area contributed by atoms with E-state index in [2.05, 4.69) is 20.7 Å². The number of carbonyl (C=O) groups excluding carboxylic acids is 2. The molecule has 0 bridgehead atoms. The number of aromatic nitrogens is 3. The molecule has 1 aromatic heterocycles. The molecular weight excluding hydrogens is 318 g/mol. The van der Waals surface area contributed by atoms with Crippen LogP contribution in [0.3, 0.4) is 0 Å². The van der Waals surface area contributed by atoms with E-state index in [1.54, 1.807) is 35.3 Å². The second-order valence-corrected chi connectivity index (χ2v) is 5.51. The molecule has 0 saturated carbocycles. The first-order valence-electron chi connectivity index (χ1n) is 7.71. The quantitative estimate of drug-likeness (QED) is 0.716. The molecule has 25 heavy (non-hydrogen) atoms. The number of benzene rings is 2. The number of hydrogen-bond acceptors (Lipinski definition) is 4. The van der Waals surface area contributed by atoms with Crippen molar-refractivity contribution in [3.8, 4) is 0 Å². The number of hydrogen-bond donors (Lipinski definition) is 2. The molecule has 3 rings (SSSR count). The average molecular weight is 335 g/mol. The summed E-state index contributed by atoms with van der Waals surface area (Å²) >= 11 is 0. The lowest BCUT2D eigenvalue weighted by Gasteiger charge is -2.09.